The summed E-state index contributed by atoms with van der Waals surface area (Å²) in [6, 6.07) is 4.69. The van der Waals surface area contributed by atoms with Crippen molar-refractivity contribution in [3.05, 3.63) is 28.8 Å². The van der Waals surface area contributed by atoms with Gasteiger partial charge in [0.15, 0.2) is 6.29 Å². The van der Waals surface area contributed by atoms with Crippen LogP contribution < -0.4 is 4.74 Å². The number of aliphatic hydroxyl groups excluding tert-OH is 1. The van der Waals surface area contributed by atoms with Crippen LogP contribution in [0.3, 0.4) is 0 Å². The molecule has 0 radical (unpaired) electrons. The van der Waals surface area contributed by atoms with Gasteiger partial charge in [0.1, 0.15) is 11.7 Å². The molecule has 0 aliphatic carbocycles. The maximum absolute atomic E-state index is 12.9. The highest BCUT2D eigenvalue weighted by atomic mass is 35.5. The highest BCUT2D eigenvalue weighted by Gasteiger charge is 2.47. The Morgan fingerprint density at radius 2 is 1.81 bits per heavy atom. The van der Waals surface area contributed by atoms with Crippen molar-refractivity contribution in [2.45, 2.75) is 38.1 Å². The summed E-state index contributed by atoms with van der Waals surface area (Å²) in [6.07, 6.45) is -7.67. The fourth-order valence-electron chi connectivity index (χ4n) is 2.22. The van der Waals surface area contributed by atoms with Gasteiger partial charge in [0.25, 0.3) is 0 Å². The Balaban J connectivity index is 3.10. The van der Waals surface area contributed by atoms with Crippen LogP contribution in [0.15, 0.2) is 18.2 Å². The van der Waals surface area contributed by atoms with Gasteiger partial charge in [-0.25, -0.2) is 0 Å². The molecule has 1 unspecified atom stereocenters. The minimum atomic E-state index is -4.70. The Labute approximate surface area is 126 Å². The summed E-state index contributed by atoms with van der Waals surface area (Å²) < 4.78 is 43.6. The van der Waals surface area contributed by atoms with Gasteiger partial charge in [-0.3, -0.25) is 0 Å². The van der Waals surface area contributed by atoms with E-state index in [1.54, 1.807) is 26.0 Å². The van der Waals surface area contributed by atoms with Gasteiger partial charge in [0.2, 0.25) is 0 Å². The van der Waals surface area contributed by atoms with Crippen molar-refractivity contribution in [3.8, 4) is 5.75 Å². The van der Waals surface area contributed by atoms with Gasteiger partial charge in [0, 0.05) is 5.02 Å². The van der Waals surface area contributed by atoms with Gasteiger partial charge in [-0.1, -0.05) is 31.5 Å². The first-order valence-electron chi connectivity index (χ1n) is 6.26. The van der Waals surface area contributed by atoms with Crippen LogP contribution in [-0.2, 0) is 5.41 Å². The number of hydrogen-bond donors (Lipinski definition) is 2. The van der Waals surface area contributed by atoms with E-state index in [4.69, 9.17) is 26.6 Å². The fraction of sp³-hybridized carbons (Fsp3) is 0.571. The predicted molar refractivity (Wildman–Crippen MR) is 73.4 cm³/mol. The SMILES string of the molecule is COc1ccc(C(C)(C)CC(C(O)O)C(F)(F)F)c(Cl)c1. The Bertz CT molecular complexity index is 487. The molecule has 0 spiro atoms. The molecular formula is C14H18ClF3O3. The first-order chi connectivity index (χ1) is 9.49. The van der Waals surface area contributed by atoms with E-state index in [2.05, 4.69) is 0 Å². The van der Waals surface area contributed by atoms with E-state index in [9.17, 15) is 13.2 Å². The molecule has 2 N–H and O–H groups in total. The normalized spacial score (nSPS) is 14.4. The summed E-state index contributed by atoms with van der Waals surface area (Å²) >= 11 is 6.08. The van der Waals surface area contributed by atoms with Crippen LogP contribution in [0.2, 0.25) is 5.02 Å². The lowest BCUT2D eigenvalue weighted by molar-refractivity contribution is -0.243. The second kappa shape index (κ2) is 6.42. The maximum atomic E-state index is 12.9. The Hall–Kier alpha value is -0.980. The van der Waals surface area contributed by atoms with Crippen LogP contribution in [0, 0.1) is 5.92 Å². The number of rotatable bonds is 5. The van der Waals surface area contributed by atoms with Crippen LogP contribution in [0.1, 0.15) is 25.8 Å². The van der Waals surface area contributed by atoms with Crippen LogP contribution in [0.5, 0.6) is 5.75 Å². The van der Waals surface area contributed by atoms with E-state index >= 15 is 0 Å². The highest BCUT2D eigenvalue weighted by Crippen LogP contribution is 2.42. The molecule has 1 aromatic rings. The molecule has 0 fully saturated rings. The minimum Gasteiger partial charge on any atom is -0.497 e. The van der Waals surface area contributed by atoms with E-state index < -0.39 is 30.2 Å². The second-order valence-corrected chi connectivity index (χ2v) is 5.90. The molecule has 120 valence electrons. The number of hydrogen-bond acceptors (Lipinski definition) is 3. The van der Waals surface area contributed by atoms with Gasteiger partial charge in [-0.05, 0) is 29.5 Å². The molecule has 0 aliphatic heterocycles. The van der Waals surface area contributed by atoms with E-state index in [0.29, 0.717) is 11.3 Å². The molecule has 0 aromatic heterocycles. The molecule has 0 saturated heterocycles. The second-order valence-electron chi connectivity index (χ2n) is 5.50. The minimum absolute atomic E-state index is 0.271. The van der Waals surface area contributed by atoms with Gasteiger partial charge < -0.3 is 14.9 Å². The standard InChI is InChI=1S/C14H18ClF3O3/c1-13(2,7-10(12(19)20)14(16,17)18)9-5-4-8(21-3)6-11(9)15/h4-6,10,12,19-20H,7H2,1-3H3. The van der Waals surface area contributed by atoms with E-state index in [0.717, 1.165) is 0 Å². The first kappa shape index (κ1) is 18.1. The monoisotopic (exact) mass is 326 g/mol. The van der Waals surface area contributed by atoms with E-state index in [1.807, 2.05) is 0 Å². The van der Waals surface area contributed by atoms with Gasteiger partial charge in [-0.2, -0.15) is 13.2 Å². The Morgan fingerprint density at radius 1 is 1.24 bits per heavy atom. The molecule has 0 heterocycles. The van der Waals surface area contributed by atoms with Crippen molar-refractivity contribution in [2.75, 3.05) is 7.11 Å². The molecule has 3 nitrogen and oxygen atoms in total. The molecular weight excluding hydrogens is 309 g/mol. The average molecular weight is 327 g/mol. The molecule has 21 heavy (non-hydrogen) atoms. The summed E-state index contributed by atoms with van der Waals surface area (Å²) in [5, 5.41) is 18.3. The third-order valence-electron chi connectivity index (χ3n) is 3.42. The number of benzene rings is 1. The van der Waals surface area contributed by atoms with Crippen molar-refractivity contribution in [1.82, 2.24) is 0 Å². The molecule has 0 saturated carbocycles. The summed E-state index contributed by atoms with van der Waals surface area (Å²) in [7, 11) is 1.46. The van der Waals surface area contributed by atoms with Crippen molar-refractivity contribution in [3.63, 3.8) is 0 Å². The predicted octanol–water partition coefficient (Wildman–Crippen LogP) is 3.51. The average Bonchev–Trinajstić information content (AvgIpc) is 2.33. The summed E-state index contributed by atoms with van der Waals surface area (Å²) in [5.74, 6) is -1.75. The largest absolute Gasteiger partial charge is 0.497 e. The molecule has 0 aliphatic rings. The van der Waals surface area contributed by atoms with E-state index in [-0.39, 0.29) is 5.02 Å². The number of ether oxygens (including phenoxy) is 1. The molecule has 1 atom stereocenters. The zero-order chi connectivity index (χ0) is 16.4. The van der Waals surface area contributed by atoms with Crippen molar-refractivity contribution >= 4 is 11.6 Å². The van der Waals surface area contributed by atoms with Gasteiger partial charge in [-0.15, -0.1) is 0 Å². The van der Waals surface area contributed by atoms with Crippen LogP contribution in [-0.4, -0.2) is 29.8 Å². The highest BCUT2D eigenvalue weighted by molar-refractivity contribution is 6.31. The Morgan fingerprint density at radius 3 is 2.19 bits per heavy atom. The fourth-order valence-corrected chi connectivity index (χ4v) is 2.65. The van der Waals surface area contributed by atoms with Crippen molar-refractivity contribution in [2.24, 2.45) is 5.92 Å². The zero-order valence-corrected chi connectivity index (χ0v) is 12.7. The van der Waals surface area contributed by atoms with Crippen molar-refractivity contribution < 1.29 is 28.1 Å². The smallest absolute Gasteiger partial charge is 0.396 e. The molecule has 0 amide bonds. The third kappa shape index (κ3) is 4.49. The topological polar surface area (TPSA) is 49.7 Å². The van der Waals surface area contributed by atoms with Crippen LogP contribution >= 0.6 is 11.6 Å². The molecule has 7 heteroatoms. The maximum Gasteiger partial charge on any atom is 0.396 e. The van der Waals surface area contributed by atoms with Crippen molar-refractivity contribution in [1.29, 1.82) is 0 Å². The number of alkyl halides is 3. The van der Waals surface area contributed by atoms with Crippen LogP contribution in [0.4, 0.5) is 13.2 Å². The van der Waals surface area contributed by atoms with Crippen LogP contribution in [0.25, 0.3) is 0 Å². The zero-order valence-electron chi connectivity index (χ0n) is 11.9. The number of methoxy groups -OCH3 is 1. The molecule has 0 bridgehead atoms. The Kier molecular flexibility index (Phi) is 5.52. The quantitative estimate of drug-likeness (QED) is 0.814. The third-order valence-corrected chi connectivity index (χ3v) is 3.73. The number of aliphatic hydroxyl groups is 2. The first-order valence-corrected chi connectivity index (χ1v) is 6.63. The summed E-state index contributed by atoms with van der Waals surface area (Å²) in [5.41, 5.74) is -0.507. The number of halogens is 4. The summed E-state index contributed by atoms with van der Waals surface area (Å²) in [4.78, 5) is 0. The lowest BCUT2D eigenvalue weighted by Gasteiger charge is -2.33. The van der Waals surface area contributed by atoms with Gasteiger partial charge >= 0.3 is 6.18 Å². The summed E-state index contributed by atoms with van der Waals surface area (Å²) in [6.45, 7) is 3.14. The lowest BCUT2D eigenvalue weighted by Crippen LogP contribution is -2.38. The lowest BCUT2D eigenvalue weighted by atomic mass is 9.76. The van der Waals surface area contributed by atoms with Gasteiger partial charge in [0.05, 0.1) is 7.11 Å². The van der Waals surface area contributed by atoms with E-state index in [1.165, 1.54) is 13.2 Å². The molecule has 1 rings (SSSR count). The molecule has 1 aromatic carbocycles.